The Morgan fingerprint density at radius 3 is 3.00 bits per heavy atom. The fraction of sp³-hybridized carbons (Fsp3) is 0.125. The maximum absolute atomic E-state index is 11.4. The molecule has 1 aromatic carbocycles. The Kier molecular flexibility index (Phi) is 2.45. The molecule has 0 aliphatic carbocycles. The lowest BCUT2D eigenvalue weighted by molar-refractivity contribution is 0.902. The lowest BCUT2D eigenvalue weighted by Gasteiger charge is -1.98. The third-order valence-corrected chi connectivity index (χ3v) is 3.58. The van der Waals surface area contributed by atoms with E-state index in [0.29, 0.717) is 0 Å². The molecule has 2 aromatic rings. The van der Waals surface area contributed by atoms with Gasteiger partial charge in [-0.25, -0.2) is 0 Å². The Bertz CT molecular complexity index is 504. The van der Waals surface area contributed by atoms with Gasteiger partial charge in [0.2, 0.25) is 0 Å². The minimum atomic E-state index is -0.0168. The Hall–Kier alpha value is -0.320. The zero-order valence-electron chi connectivity index (χ0n) is 6.46. The van der Waals surface area contributed by atoms with Crippen LogP contribution in [0.15, 0.2) is 27.5 Å². The smallest absolute Gasteiger partial charge is 0.283 e. The molecule has 1 aromatic heterocycles. The molecule has 0 saturated heterocycles. The van der Waals surface area contributed by atoms with Gasteiger partial charge in [0, 0.05) is 4.47 Å². The predicted octanol–water partition coefficient (Wildman–Crippen LogP) is 3.02. The summed E-state index contributed by atoms with van der Waals surface area (Å²) in [6.07, 6.45) is 0. The van der Waals surface area contributed by atoms with Gasteiger partial charge < -0.3 is 0 Å². The summed E-state index contributed by atoms with van der Waals surface area (Å²) in [4.78, 5) is 11.4. The minimum absolute atomic E-state index is 0.0168. The van der Waals surface area contributed by atoms with Crippen molar-refractivity contribution in [3.8, 4) is 0 Å². The molecular formula is C8H5BrClNOS. The van der Waals surface area contributed by atoms with E-state index in [1.807, 2.05) is 18.2 Å². The number of aromatic nitrogens is 1. The highest BCUT2D eigenvalue weighted by molar-refractivity contribution is 9.10. The van der Waals surface area contributed by atoms with Crippen molar-refractivity contribution in [2.24, 2.45) is 0 Å². The number of halogens is 2. The summed E-state index contributed by atoms with van der Waals surface area (Å²) in [7, 11) is 0. The summed E-state index contributed by atoms with van der Waals surface area (Å²) in [5.41, 5.74) is 0.882. The Morgan fingerprint density at radius 1 is 1.54 bits per heavy atom. The fourth-order valence-corrected chi connectivity index (χ4v) is 3.12. The molecule has 2 rings (SSSR count). The average Bonchev–Trinajstić information content (AvgIpc) is 2.42. The zero-order chi connectivity index (χ0) is 9.42. The van der Waals surface area contributed by atoms with E-state index in [9.17, 15) is 4.79 Å². The molecule has 0 atom stereocenters. The maximum atomic E-state index is 11.4. The zero-order valence-corrected chi connectivity index (χ0v) is 9.62. The Labute approximate surface area is 91.9 Å². The van der Waals surface area contributed by atoms with E-state index in [0.717, 1.165) is 14.7 Å². The molecule has 0 saturated carbocycles. The van der Waals surface area contributed by atoms with Crippen LogP contribution in [0.3, 0.4) is 0 Å². The van der Waals surface area contributed by atoms with Crippen LogP contribution >= 0.6 is 38.9 Å². The second-order valence-electron chi connectivity index (χ2n) is 2.50. The van der Waals surface area contributed by atoms with Gasteiger partial charge >= 0.3 is 4.87 Å². The van der Waals surface area contributed by atoms with Crippen molar-refractivity contribution >= 4 is 49.1 Å². The highest BCUT2D eigenvalue weighted by Gasteiger charge is 2.08. The van der Waals surface area contributed by atoms with Gasteiger partial charge in [0.05, 0.1) is 10.2 Å². The third kappa shape index (κ3) is 1.43. The second kappa shape index (κ2) is 3.44. The van der Waals surface area contributed by atoms with Crippen molar-refractivity contribution in [1.29, 1.82) is 0 Å². The molecule has 0 aliphatic heterocycles. The van der Waals surface area contributed by atoms with Gasteiger partial charge in [0.1, 0.15) is 6.00 Å². The fourth-order valence-electron chi connectivity index (χ4n) is 1.19. The Balaban J connectivity index is 2.96. The van der Waals surface area contributed by atoms with Crippen molar-refractivity contribution in [2.45, 2.75) is 6.00 Å². The van der Waals surface area contributed by atoms with E-state index in [-0.39, 0.29) is 10.9 Å². The first-order valence-corrected chi connectivity index (χ1v) is 5.72. The topological polar surface area (TPSA) is 22.0 Å². The number of alkyl halides is 1. The molecule has 5 heteroatoms. The standard InChI is InChI=1S/C8H5BrClNOS/c9-5-2-1-3-6-7(5)11(4-10)8(12)13-6/h1-3H,4H2. The largest absolute Gasteiger partial charge is 0.309 e. The van der Waals surface area contributed by atoms with E-state index < -0.39 is 0 Å². The monoisotopic (exact) mass is 277 g/mol. The van der Waals surface area contributed by atoms with Crippen LogP contribution in [0.1, 0.15) is 0 Å². The molecule has 13 heavy (non-hydrogen) atoms. The molecule has 0 radical (unpaired) electrons. The van der Waals surface area contributed by atoms with E-state index >= 15 is 0 Å². The molecule has 0 unspecified atom stereocenters. The van der Waals surface area contributed by atoms with Crippen LogP contribution in [0.5, 0.6) is 0 Å². The van der Waals surface area contributed by atoms with E-state index in [2.05, 4.69) is 15.9 Å². The minimum Gasteiger partial charge on any atom is -0.283 e. The van der Waals surface area contributed by atoms with Gasteiger partial charge in [-0.3, -0.25) is 9.36 Å². The Morgan fingerprint density at radius 2 is 2.31 bits per heavy atom. The van der Waals surface area contributed by atoms with Crippen molar-refractivity contribution in [1.82, 2.24) is 4.57 Å². The first-order chi connectivity index (χ1) is 6.24. The van der Waals surface area contributed by atoms with E-state index in [4.69, 9.17) is 11.6 Å². The van der Waals surface area contributed by atoms with Crippen LogP contribution in [0.2, 0.25) is 0 Å². The number of hydrogen-bond acceptors (Lipinski definition) is 2. The molecule has 68 valence electrons. The quantitative estimate of drug-likeness (QED) is 0.735. The molecule has 0 fully saturated rings. The molecule has 0 aliphatic rings. The number of thiazole rings is 1. The van der Waals surface area contributed by atoms with Crippen LogP contribution < -0.4 is 4.87 Å². The first-order valence-electron chi connectivity index (χ1n) is 3.58. The van der Waals surface area contributed by atoms with Gasteiger partial charge in [-0.05, 0) is 28.1 Å². The van der Waals surface area contributed by atoms with Crippen molar-refractivity contribution in [2.75, 3.05) is 0 Å². The summed E-state index contributed by atoms with van der Waals surface area (Å²) in [6, 6.07) is 5.91. The van der Waals surface area contributed by atoms with Crippen molar-refractivity contribution in [3.05, 3.63) is 32.3 Å². The maximum Gasteiger partial charge on any atom is 0.309 e. The molecular weight excluding hydrogens is 274 g/mol. The summed E-state index contributed by atoms with van der Waals surface area (Å²) in [5.74, 6) is 0. The van der Waals surface area contributed by atoms with Gasteiger partial charge in [0.15, 0.2) is 0 Å². The number of fused-ring (bicyclic) bond motifs is 1. The van der Waals surface area contributed by atoms with Crippen LogP contribution in [-0.2, 0) is 6.00 Å². The number of hydrogen-bond donors (Lipinski definition) is 0. The first kappa shape index (κ1) is 9.24. The molecule has 0 amide bonds. The normalized spacial score (nSPS) is 10.9. The predicted molar refractivity (Wildman–Crippen MR) is 59.6 cm³/mol. The molecule has 0 N–H and O–H groups in total. The lowest BCUT2D eigenvalue weighted by atomic mass is 10.3. The van der Waals surface area contributed by atoms with Crippen LogP contribution in [0, 0.1) is 0 Å². The molecule has 0 spiro atoms. The summed E-state index contributed by atoms with van der Waals surface area (Å²) in [6.45, 7) is 0. The average molecular weight is 279 g/mol. The third-order valence-electron chi connectivity index (χ3n) is 1.76. The van der Waals surface area contributed by atoms with Crippen LogP contribution in [0.4, 0.5) is 0 Å². The van der Waals surface area contributed by atoms with Crippen LogP contribution in [0.25, 0.3) is 10.2 Å². The van der Waals surface area contributed by atoms with Crippen LogP contribution in [-0.4, -0.2) is 4.57 Å². The summed E-state index contributed by atoms with van der Waals surface area (Å²) in [5, 5.41) is 0. The van der Waals surface area contributed by atoms with Gasteiger partial charge in [-0.1, -0.05) is 17.4 Å². The highest BCUT2D eigenvalue weighted by atomic mass is 79.9. The highest BCUT2D eigenvalue weighted by Crippen LogP contribution is 2.25. The summed E-state index contributed by atoms with van der Waals surface area (Å²) < 4.78 is 3.41. The second-order valence-corrected chi connectivity index (χ2v) is 4.59. The van der Waals surface area contributed by atoms with Gasteiger partial charge in [0.25, 0.3) is 0 Å². The number of para-hydroxylation sites is 1. The number of nitrogens with zero attached hydrogens (tertiary/aromatic N) is 1. The van der Waals surface area contributed by atoms with E-state index in [1.165, 1.54) is 11.3 Å². The molecule has 2 nitrogen and oxygen atoms in total. The SMILES string of the molecule is O=c1sc2cccc(Br)c2n1CCl. The lowest BCUT2D eigenvalue weighted by Crippen LogP contribution is -2.09. The van der Waals surface area contributed by atoms with Crippen molar-refractivity contribution in [3.63, 3.8) is 0 Å². The van der Waals surface area contributed by atoms with Gasteiger partial charge in [-0.15, -0.1) is 11.6 Å². The molecule has 1 heterocycles. The van der Waals surface area contributed by atoms with Gasteiger partial charge in [-0.2, -0.15) is 0 Å². The molecule has 0 bridgehead atoms. The van der Waals surface area contributed by atoms with Crippen molar-refractivity contribution < 1.29 is 0 Å². The van der Waals surface area contributed by atoms with E-state index in [1.54, 1.807) is 4.57 Å². The summed E-state index contributed by atoms with van der Waals surface area (Å²) >= 11 is 10.3. The number of benzene rings is 1. The number of rotatable bonds is 1.